The van der Waals surface area contributed by atoms with E-state index in [2.05, 4.69) is 40.5 Å². The summed E-state index contributed by atoms with van der Waals surface area (Å²) in [5.41, 5.74) is 1.51. The summed E-state index contributed by atoms with van der Waals surface area (Å²) in [5.74, 6) is 1.68. The SMILES string of the molecule is COCCN1CCC(CCN[C@@H]2C[C@H]2c2ccccc2)CC1. The van der Waals surface area contributed by atoms with Crippen molar-refractivity contribution in [1.29, 1.82) is 0 Å². The predicted molar refractivity (Wildman–Crippen MR) is 91.2 cm³/mol. The van der Waals surface area contributed by atoms with E-state index in [-0.39, 0.29) is 0 Å². The van der Waals surface area contributed by atoms with Gasteiger partial charge in [0.25, 0.3) is 0 Å². The Labute approximate surface area is 135 Å². The molecule has 2 fully saturated rings. The highest BCUT2D eigenvalue weighted by atomic mass is 16.5. The number of ether oxygens (including phenoxy) is 1. The van der Waals surface area contributed by atoms with Gasteiger partial charge in [0.05, 0.1) is 6.61 Å². The van der Waals surface area contributed by atoms with Gasteiger partial charge in [-0.25, -0.2) is 0 Å². The van der Waals surface area contributed by atoms with E-state index in [4.69, 9.17) is 4.74 Å². The van der Waals surface area contributed by atoms with Crippen LogP contribution in [0.4, 0.5) is 0 Å². The van der Waals surface area contributed by atoms with Crippen LogP contribution in [0.1, 0.15) is 37.2 Å². The van der Waals surface area contributed by atoms with Crippen LogP contribution in [0.25, 0.3) is 0 Å². The Bertz CT molecular complexity index is 428. The van der Waals surface area contributed by atoms with Crippen molar-refractivity contribution in [3.63, 3.8) is 0 Å². The van der Waals surface area contributed by atoms with Crippen LogP contribution in [0.15, 0.2) is 30.3 Å². The third-order valence-electron chi connectivity index (χ3n) is 5.30. The number of nitrogens with zero attached hydrogens (tertiary/aromatic N) is 1. The van der Waals surface area contributed by atoms with Gasteiger partial charge in [-0.3, -0.25) is 0 Å². The Morgan fingerprint density at radius 3 is 2.68 bits per heavy atom. The van der Waals surface area contributed by atoms with Crippen LogP contribution >= 0.6 is 0 Å². The highest BCUT2D eigenvalue weighted by molar-refractivity contribution is 5.27. The van der Waals surface area contributed by atoms with Crippen LogP contribution in [0, 0.1) is 5.92 Å². The lowest BCUT2D eigenvalue weighted by Crippen LogP contribution is -2.36. The molecule has 3 heteroatoms. The Morgan fingerprint density at radius 2 is 1.95 bits per heavy atom. The molecule has 1 heterocycles. The average molecular weight is 302 g/mol. The summed E-state index contributed by atoms with van der Waals surface area (Å²) in [6.07, 6.45) is 5.38. The fraction of sp³-hybridized carbons (Fsp3) is 0.684. The van der Waals surface area contributed by atoms with Crippen molar-refractivity contribution < 1.29 is 4.74 Å². The summed E-state index contributed by atoms with van der Waals surface area (Å²) in [6.45, 7) is 5.67. The van der Waals surface area contributed by atoms with Gasteiger partial charge >= 0.3 is 0 Å². The van der Waals surface area contributed by atoms with Gasteiger partial charge in [0, 0.05) is 25.6 Å². The molecule has 0 radical (unpaired) electrons. The maximum Gasteiger partial charge on any atom is 0.0589 e. The molecule has 22 heavy (non-hydrogen) atoms. The molecule has 1 aromatic carbocycles. The third kappa shape index (κ3) is 4.55. The van der Waals surface area contributed by atoms with Crippen LogP contribution in [-0.4, -0.2) is 50.8 Å². The molecular formula is C19H30N2O. The van der Waals surface area contributed by atoms with Crippen molar-refractivity contribution in [2.45, 2.75) is 37.6 Å². The lowest BCUT2D eigenvalue weighted by molar-refractivity contribution is 0.118. The quantitative estimate of drug-likeness (QED) is 0.799. The molecule has 3 rings (SSSR count). The van der Waals surface area contributed by atoms with Crippen molar-refractivity contribution >= 4 is 0 Å². The molecule has 1 saturated heterocycles. The van der Waals surface area contributed by atoms with Gasteiger partial charge in [-0.2, -0.15) is 0 Å². The Balaban J connectivity index is 1.28. The monoisotopic (exact) mass is 302 g/mol. The van der Waals surface area contributed by atoms with E-state index >= 15 is 0 Å². The summed E-state index contributed by atoms with van der Waals surface area (Å²) < 4.78 is 5.16. The second-order valence-corrected chi connectivity index (χ2v) is 6.88. The van der Waals surface area contributed by atoms with Gasteiger partial charge in [0.2, 0.25) is 0 Å². The van der Waals surface area contributed by atoms with Gasteiger partial charge in [-0.1, -0.05) is 30.3 Å². The zero-order chi connectivity index (χ0) is 15.2. The van der Waals surface area contributed by atoms with Gasteiger partial charge in [0.15, 0.2) is 0 Å². The first-order valence-electron chi connectivity index (χ1n) is 8.86. The van der Waals surface area contributed by atoms with E-state index in [1.807, 2.05) is 0 Å². The second-order valence-electron chi connectivity index (χ2n) is 6.88. The highest BCUT2D eigenvalue weighted by Crippen LogP contribution is 2.40. The maximum atomic E-state index is 5.16. The van der Waals surface area contributed by atoms with E-state index in [0.717, 1.165) is 31.0 Å². The lowest BCUT2D eigenvalue weighted by atomic mass is 9.93. The van der Waals surface area contributed by atoms with E-state index in [0.29, 0.717) is 0 Å². The molecule has 0 amide bonds. The smallest absolute Gasteiger partial charge is 0.0589 e. The summed E-state index contributed by atoms with van der Waals surface area (Å²) in [6, 6.07) is 11.7. The largest absolute Gasteiger partial charge is 0.383 e. The number of likely N-dealkylation sites (tertiary alicyclic amines) is 1. The highest BCUT2D eigenvalue weighted by Gasteiger charge is 2.37. The molecule has 0 unspecified atom stereocenters. The van der Waals surface area contributed by atoms with Crippen molar-refractivity contribution in [3.05, 3.63) is 35.9 Å². The van der Waals surface area contributed by atoms with Crippen LogP contribution in [-0.2, 0) is 4.74 Å². The Hall–Kier alpha value is -0.900. The minimum atomic E-state index is 0.726. The van der Waals surface area contributed by atoms with Crippen LogP contribution in [0.2, 0.25) is 0 Å². The lowest BCUT2D eigenvalue weighted by Gasteiger charge is -2.31. The number of hydrogen-bond acceptors (Lipinski definition) is 3. The van der Waals surface area contributed by atoms with Crippen molar-refractivity contribution in [1.82, 2.24) is 10.2 Å². The predicted octanol–water partition coefficient (Wildman–Crippen LogP) is 2.88. The first-order valence-corrected chi connectivity index (χ1v) is 8.86. The van der Waals surface area contributed by atoms with Crippen LogP contribution in [0.5, 0.6) is 0 Å². The van der Waals surface area contributed by atoms with Gasteiger partial charge in [0.1, 0.15) is 0 Å². The number of nitrogens with one attached hydrogen (secondary N) is 1. The van der Waals surface area contributed by atoms with E-state index in [1.165, 1.54) is 50.9 Å². The maximum absolute atomic E-state index is 5.16. The average Bonchev–Trinajstić information content (AvgIpc) is 3.34. The Kier molecular flexibility index (Phi) is 5.88. The fourth-order valence-electron chi connectivity index (χ4n) is 3.68. The van der Waals surface area contributed by atoms with Crippen molar-refractivity contribution in [2.24, 2.45) is 5.92 Å². The standard InChI is InChI=1S/C19H30N2O/c1-22-14-13-21-11-8-16(9-12-21)7-10-20-19-15-18(19)17-5-3-2-4-6-17/h2-6,16,18-20H,7-15H2,1H3/t18-,19+/m0/s1. The summed E-state index contributed by atoms with van der Waals surface area (Å²) in [5, 5.41) is 3.76. The second kappa shape index (κ2) is 8.09. The number of rotatable bonds is 8. The topological polar surface area (TPSA) is 24.5 Å². The molecular weight excluding hydrogens is 272 g/mol. The number of hydrogen-bond donors (Lipinski definition) is 1. The zero-order valence-electron chi connectivity index (χ0n) is 13.8. The minimum absolute atomic E-state index is 0.726. The van der Waals surface area contributed by atoms with Crippen molar-refractivity contribution in [3.8, 4) is 0 Å². The molecule has 0 bridgehead atoms. The minimum Gasteiger partial charge on any atom is -0.383 e. The number of piperidine rings is 1. The molecule has 1 saturated carbocycles. The summed E-state index contributed by atoms with van der Waals surface area (Å²) >= 11 is 0. The first kappa shape index (κ1) is 16.0. The summed E-state index contributed by atoms with van der Waals surface area (Å²) in [7, 11) is 1.79. The van der Waals surface area contributed by atoms with Crippen LogP contribution in [0.3, 0.4) is 0 Å². The number of methoxy groups -OCH3 is 1. The van der Waals surface area contributed by atoms with E-state index < -0.39 is 0 Å². The number of benzene rings is 1. The van der Waals surface area contributed by atoms with Gasteiger partial charge in [-0.15, -0.1) is 0 Å². The molecule has 1 aliphatic heterocycles. The molecule has 3 nitrogen and oxygen atoms in total. The van der Waals surface area contributed by atoms with Gasteiger partial charge < -0.3 is 15.0 Å². The molecule has 1 aromatic rings. The zero-order valence-corrected chi connectivity index (χ0v) is 13.8. The first-order chi connectivity index (χ1) is 10.9. The third-order valence-corrected chi connectivity index (χ3v) is 5.30. The Morgan fingerprint density at radius 1 is 1.18 bits per heavy atom. The normalized spacial score (nSPS) is 26.2. The molecule has 1 N–H and O–H groups in total. The molecule has 0 aromatic heterocycles. The molecule has 122 valence electrons. The van der Waals surface area contributed by atoms with Crippen LogP contribution < -0.4 is 5.32 Å². The molecule has 2 aliphatic rings. The summed E-state index contributed by atoms with van der Waals surface area (Å²) in [4.78, 5) is 2.54. The molecule has 0 spiro atoms. The van der Waals surface area contributed by atoms with Crippen molar-refractivity contribution in [2.75, 3.05) is 39.9 Å². The molecule has 2 atom stereocenters. The van der Waals surface area contributed by atoms with Gasteiger partial charge in [-0.05, 0) is 56.8 Å². The fourth-order valence-corrected chi connectivity index (χ4v) is 3.68. The van der Waals surface area contributed by atoms with E-state index in [9.17, 15) is 0 Å². The molecule has 1 aliphatic carbocycles. The van der Waals surface area contributed by atoms with E-state index in [1.54, 1.807) is 7.11 Å².